The number of fused-ring (bicyclic) bond motifs is 1. The molecule has 11 heteroatoms. The topological polar surface area (TPSA) is 114 Å². The molecular weight excluding hydrogens is 487 g/mol. The Balaban J connectivity index is 1.50. The maximum atomic E-state index is 13.7. The molecule has 3 amide bonds. The van der Waals surface area contributed by atoms with E-state index in [1.54, 1.807) is 20.8 Å². The number of amides is 3. The number of halogens is 3. The molecule has 206 valence electrons. The highest BCUT2D eigenvalue weighted by atomic mass is 19.4. The van der Waals surface area contributed by atoms with Crippen molar-refractivity contribution in [2.45, 2.75) is 103 Å². The summed E-state index contributed by atoms with van der Waals surface area (Å²) in [6.07, 6.45) is -1.86. The van der Waals surface area contributed by atoms with Crippen molar-refractivity contribution in [1.29, 1.82) is 5.26 Å². The number of nitrogens with zero attached hydrogens (tertiary/aromatic N) is 2. The van der Waals surface area contributed by atoms with Gasteiger partial charge in [0.1, 0.15) is 18.1 Å². The van der Waals surface area contributed by atoms with Gasteiger partial charge in [0.05, 0.1) is 12.1 Å². The van der Waals surface area contributed by atoms with Crippen LogP contribution in [0.25, 0.3) is 0 Å². The van der Waals surface area contributed by atoms with E-state index >= 15 is 0 Å². The second kappa shape index (κ2) is 8.85. The van der Waals surface area contributed by atoms with Crippen LogP contribution in [0.1, 0.15) is 67.2 Å². The summed E-state index contributed by atoms with van der Waals surface area (Å²) in [5.74, 6) is -1.62. The molecule has 0 aromatic heterocycles. The highest BCUT2D eigenvalue weighted by Gasteiger charge is 2.70. The zero-order valence-electron chi connectivity index (χ0n) is 22.3. The molecule has 2 saturated heterocycles. The Labute approximate surface area is 216 Å². The summed E-state index contributed by atoms with van der Waals surface area (Å²) >= 11 is 0. The quantitative estimate of drug-likeness (QED) is 0.473. The predicted molar refractivity (Wildman–Crippen MR) is 129 cm³/mol. The van der Waals surface area contributed by atoms with Crippen LogP contribution in [-0.4, -0.2) is 65.0 Å². The van der Waals surface area contributed by atoms with Crippen LogP contribution in [0.4, 0.5) is 13.2 Å². The largest absolute Gasteiger partial charge is 0.403 e. The Morgan fingerprint density at radius 3 is 2.35 bits per heavy atom. The predicted octanol–water partition coefficient (Wildman–Crippen LogP) is 2.49. The molecule has 37 heavy (non-hydrogen) atoms. The van der Waals surface area contributed by atoms with Gasteiger partial charge in [-0.1, -0.05) is 34.6 Å². The van der Waals surface area contributed by atoms with Crippen LogP contribution in [0, 0.1) is 39.9 Å². The summed E-state index contributed by atoms with van der Waals surface area (Å²) in [6.45, 7) is 10.3. The van der Waals surface area contributed by atoms with Crippen molar-refractivity contribution in [2.24, 2.45) is 28.6 Å². The summed E-state index contributed by atoms with van der Waals surface area (Å²) in [5.41, 5.74) is -1.19. The fraction of sp³-hybridized carbons (Fsp3) is 0.846. The average molecular weight is 526 g/mol. The van der Waals surface area contributed by atoms with E-state index in [0.29, 0.717) is 6.42 Å². The second-order valence-electron chi connectivity index (χ2n) is 13.2. The molecule has 0 aromatic carbocycles. The van der Waals surface area contributed by atoms with Crippen molar-refractivity contribution in [2.75, 3.05) is 6.54 Å². The first kappa shape index (κ1) is 27.7. The number of alkyl halides is 3. The van der Waals surface area contributed by atoms with Crippen molar-refractivity contribution in [3.8, 4) is 6.07 Å². The number of piperidine rings is 1. The lowest BCUT2D eigenvalue weighted by atomic mass is 9.84. The molecule has 2 saturated carbocycles. The zero-order valence-corrected chi connectivity index (χ0v) is 22.3. The van der Waals surface area contributed by atoms with Crippen LogP contribution in [0.3, 0.4) is 0 Å². The Kier molecular flexibility index (Phi) is 6.62. The minimum Gasteiger partial charge on any atom is -0.350 e. The fourth-order valence-corrected chi connectivity index (χ4v) is 6.35. The van der Waals surface area contributed by atoms with Gasteiger partial charge < -0.3 is 15.5 Å². The van der Waals surface area contributed by atoms with Gasteiger partial charge in [0.2, 0.25) is 17.7 Å². The third-order valence-electron chi connectivity index (χ3n) is 9.02. The van der Waals surface area contributed by atoms with Crippen molar-refractivity contribution in [1.82, 2.24) is 20.9 Å². The maximum Gasteiger partial charge on any atom is 0.403 e. The first-order valence-corrected chi connectivity index (χ1v) is 13.1. The molecule has 2 aliphatic heterocycles. The summed E-state index contributed by atoms with van der Waals surface area (Å²) in [7, 11) is 0. The summed E-state index contributed by atoms with van der Waals surface area (Å²) < 4.78 is 40.0. The molecule has 2 heterocycles. The second-order valence-corrected chi connectivity index (χ2v) is 13.2. The van der Waals surface area contributed by atoms with Crippen LogP contribution in [-0.2, 0) is 14.4 Å². The lowest BCUT2D eigenvalue weighted by molar-refractivity contribution is -0.160. The van der Waals surface area contributed by atoms with Crippen LogP contribution in [0.15, 0.2) is 0 Å². The maximum absolute atomic E-state index is 13.7. The summed E-state index contributed by atoms with van der Waals surface area (Å²) in [4.78, 5) is 41.0. The van der Waals surface area contributed by atoms with Gasteiger partial charge in [-0.3, -0.25) is 19.7 Å². The number of likely N-dealkylation sites (tertiary alicyclic amines) is 1. The number of carbonyl (C=O) groups is 3. The lowest BCUT2D eigenvalue weighted by Crippen LogP contribution is -2.61. The molecule has 1 spiro atoms. The minimum absolute atomic E-state index is 0.0451. The number of nitriles is 1. The highest BCUT2D eigenvalue weighted by molar-refractivity contribution is 5.92. The standard InChI is InChI=1S/C26H38F3N5O3/c1-13(26(27,28)29)31-19(23(2,3)4)22(37)34-12-16-17(24(16,5)6)18(34)21(36)32-15(11-30)9-14-10-25(7-8-25)33-20(14)35/h13-19,31H,7-10,12H2,1-6H3,(H,32,36)(H,33,35). The van der Waals surface area contributed by atoms with Crippen LogP contribution in [0.5, 0.6) is 0 Å². The number of nitrogens with one attached hydrogen (secondary N) is 3. The van der Waals surface area contributed by atoms with Gasteiger partial charge in [0.25, 0.3) is 0 Å². The zero-order chi connectivity index (χ0) is 27.7. The molecular formula is C26H38F3N5O3. The first-order valence-electron chi connectivity index (χ1n) is 13.1. The van der Waals surface area contributed by atoms with Gasteiger partial charge in [-0.2, -0.15) is 18.4 Å². The van der Waals surface area contributed by atoms with Gasteiger partial charge in [-0.15, -0.1) is 0 Å². The molecule has 4 rings (SSSR count). The highest BCUT2D eigenvalue weighted by Crippen LogP contribution is 2.65. The molecule has 3 N–H and O–H groups in total. The molecule has 8 nitrogen and oxygen atoms in total. The third-order valence-corrected chi connectivity index (χ3v) is 9.02. The fourth-order valence-electron chi connectivity index (χ4n) is 6.35. The van der Waals surface area contributed by atoms with Gasteiger partial charge in [-0.05, 0) is 55.3 Å². The Bertz CT molecular complexity index is 1010. The molecule has 7 atom stereocenters. The van der Waals surface area contributed by atoms with E-state index in [-0.39, 0.29) is 47.6 Å². The molecule has 7 unspecified atom stereocenters. The average Bonchev–Trinajstić information content (AvgIpc) is 3.48. The normalized spacial score (nSPS) is 31.7. The molecule has 4 aliphatic rings. The third kappa shape index (κ3) is 5.18. The molecule has 4 fully saturated rings. The Morgan fingerprint density at radius 2 is 1.86 bits per heavy atom. The van der Waals surface area contributed by atoms with Crippen molar-refractivity contribution >= 4 is 17.7 Å². The minimum atomic E-state index is -4.53. The van der Waals surface area contributed by atoms with E-state index in [1.165, 1.54) is 4.90 Å². The lowest BCUT2D eigenvalue weighted by Gasteiger charge is -2.39. The van der Waals surface area contributed by atoms with Crippen LogP contribution >= 0.6 is 0 Å². The van der Waals surface area contributed by atoms with Crippen molar-refractivity contribution < 1.29 is 27.6 Å². The molecule has 2 aliphatic carbocycles. The van der Waals surface area contributed by atoms with Gasteiger partial charge in [0, 0.05) is 18.0 Å². The molecule has 0 radical (unpaired) electrons. The molecule has 0 aromatic rings. The van der Waals surface area contributed by atoms with Crippen LogP contribution in [0.2, 0.25) is 0 Å². The number of hydrogen-bond donors (Lipinski definition) is 3. The van der Waals surface area contributed by atoms with Crippen molar-refractivity contribution in [3.63, 3.8) is 0 Å². The van der Waals surface area contributed by atoms with E-state index in [9.17, 15) is 32.8 Å². The van der Waals surface area contributed by atoms with E-state index in [4.69, 9.17) is 0 Å². The van der Waals surface area contributed by atoms with E-state index in [2.05, 4.69) is 22.0 Å². The first-order chi connectivity index (χ1) is 16.9. The van der Waals surface area contributed by atoms with E-state index in [0.717, 1.165) is 19.8 Å². The number of carbonyl (C=O) groups excluding carboxylic acids is 3. The number of hydrogen-bond acceptors (Lipinski definition) is 5. The van der Waals surface area contributed by atoms with Crippen LogP contribution < -0.4 is 16.0 Å². The van der Waals surface area contributed by atoms with Gasteiger partial charge in [0.15, 0.2) is 0 Å². The van der Waals surface area contributed by atoms with E-state index < -0.39 is 47.6 Å². The Morgan fingerprint density at radius 1 is 1.24 bits per heavy atom. The SMILES string of the molecule is CC(NC(C(=O)N1CC2C(C1C(=O)NC(C#N)CC1CC3(CC3)NC1=O)C2(C)C)C(C)(C)C)C(F)(F)F. The van der Waals surface area contributed by atoms with Crippen molar-refractivity contribution in [3.05, 3.63) is 0 Å². The summed E-state index contributed by atoms with van der Waals surface area (Å²) in [6, 6.07) is -2.78. The smallest absolute Gasteiger partial charge is 0.350 e. The summed E-state index contributed by atoms with van der Waals surface area (Å²) in [5, 5.41) is 17.9. The Hall–Kier alpha value is -2.35. The van der Waals surface area contributed by atoms with Gasteiger partial charge >= 0.3 is 6.18 Å². The molecule has 0 bridgehead atoms. The van der Waals surface area contributed by atoms with E-state index in [1.807, 2.05) is 13.8 Å². The number of rotatable bonds is 7. The monoisotopic (exact) mass is 525 g/mol. The van der Waals surface area contributed by atoms with Gasteiger partial charge in [-0.25, -0.2) is 0 Å².